The minimum absolute atomic E-state index is 0.224. The van der Waals surface area contributed by atoms with Crippen LogP contribution < -0.4 is 15.0 Å². The number of fused-ring (bicyclic) bond motifs is 1. The van der Waals surface area contributed by atoms with Crippen LogP contribution in [0, 0.1) is 17.4 Å². The van der Waals surface area contributed by atoms with E-state index in [0.29, 0.717) is 23.3 Å². The van der Waals surface area contributed by atoms with Crippen molar-refractivity contribution in [2.45, 2.75) is 40.2 Å². The lowest BCUT2D eigenvalue weighted by Crippen LogP contribution is -2.20. The molecule has 208 valence electrons. The van der Waals surface area contributed by atoms with E-state index in [1.165, 1.54) is 10.2 Å². The number of ether oxygens (including phenoxy) is 2. The van der Waals surface area contributed by atoms with Gasteiger partial charge in [-0.1, -0.05) is 55.8 Å². The highest BCUT2D eigenvalue weighted by Crippen LogP contribution is 2.34. The topological polar surface area (TPSA) is 65.7 Å². The van der Waals surface area contributed by atoms with Crippen LogP contribution in [-0.4, -0.2) is 23.0 Å². The van der Waals surface area contributed by atoms with Crippen molar-refractivity contribution in [3.8, 4) is 22.9 Å². The van der Waals surface area contributed by atoms with E-state index in [2.05, 4.69) is 72.7 Å². The molecule has 0 aliphatic carbocycles. The van der Waals surface area contributed by atoms with Gasteiger partial charge < -0.3 is 9.47 Å². The summed E-state index contributed by atoms with van der Waals surface area (Å²) >= 11 is 2.27. The van der Waals surface area contributed by atoms with Gasteiger partial charge >= 0.3 is 0 Å². The van der Waals surface area contributed by atoms with Crippen molar-refractivity contribution in [2.75, 3.05) is 7.11 Å². The Labute approximate surface area is 253 Å². The number of methoxy groups -OCH3 is 1. The fraction of sp³-hybridized carbons (Fsp3) is 0.206. The number of benzene rings is 4. The summed E-state index contributed by atoms with van der Waals surface area (Å²) in [5, 5.41) is 5.19. The number of halogens is 1. The number of aromatic nitrogens is 2. The standard InChI is InChI=1S/C34H32IN3O3/c1-21(2)27-18-28(23(4)16-32(27)40-5)33-37-30-12-7-6-11-26(30)34(39)38(33)36-19-24-13-14-31(29(35)17-24)41-20-25-10-8-9-22(3)15-25/h6-19,21H,20H2,1-5H3. The summed E-state index contributed by atoms with van der Waals surface area (Å²) in [4.78, 5) is 18.6. The SMILES string of the molecule is COc1cc(C)c(-c2nc3ccccc3c(=O)n2N=Cc2ccc(OCc3cccc(C)c3)c(I)c2)cc1C(C)C. The van der Waals surface area contributed by atoms with E-state index >= 15 is 0 Å². The first-order chi connectivity index (χ1) is 19.7. The molecule has 0 unspecified atom stereocenters. The highest BCUT2D eigenvalue weighted by atomic mass is 127. The van der Waals surface area contributed by atoms with Crippen LogP contribution in [0.3, 0.4) is 0 Å². The Morgan fingerprint density at radius 1 is 0.976 bits per heavy atom. The first-order valence-electron chi connectivity index (χ1n) is 13.5. The van der Waals surface area contributed by atoms with Crippen molar-refractivity contribution in [3.05, 3.63) is 121 Å². The minimum atomic E-state index is -0.226. The van der Waals surface area contributed by atoms with Gasteiger partial charge in [-0.25, -0.2) is 4.98 Å². The third-order valence-electron chi connectivity index (χ3n) is 6.95. The Morgan fingerprint density at radius 2 is 1.78 bits per heavy atom. The molecule has 0 saturated carbocycles. The lowest BCUT2D eigenvalue weighted by Gasteiger charge is -2.17. The molecule has 7 heteroatoms. The van der Waals surface area contributed by atoms with Crippen molar-refractivity contribution in [3.63, 3.8) is 0 Å². The first-order valence-corrected chi connectivity index (χ1v) is 14.6. The predicted molar refractivity (Wildman–Crippen MR) is 174 cm³/mol. The Bertz CT molecular complexity index is 1830. The summed E-state index contributed by atoms with van der Waals surface area (Å²) in [6, 6.07) is 25.6. The molecule has 5 rings (SSSR count). The van der Waals surface area contributed by atoms with Crippen LogP contribution >= 0.6 is 22.6 Å². The van der Waals surface area contributed by atoms with Gasteiger partial charge in [0.05, 0.1) is 27.8 Å². The van der Waals surface area contributed by atoms with E-state index in [4.69, 9.17) is 14.5 Å². The van der Waals surface area contributed by atoms with Gasteiger partial charge in [0, 0.05) is 5.56 Å². The molecule has 41 heavy (non-hydrogen) atoms. The first kappa shape index (κ1) is 28.5. The van der Waals surface area contributed by atoms with E-state index in [0.717, 1.165) is 42.9 Å². The molecule has 6 nitrogen and oxygen atoms in total. The molecular formula is C34H32IN3O3. The Morgan fingerprint density at radius 3 is 2.51 bits per heavy atom. The zero-order chi connectivity index (χ0) is 29.1. The number of rotatable bonds is 8. The third kappa shape index (κ3) is 6.20. The van der Waals surface area contributed by atoms with Gasteiger partial charge in [0.25, 0.3) is 5.56 Å². The van der Waals surface area contributed by atoms with Crippen molar-refractivity contribution in [1.82, 2.24) is 9.66 Å². The van der Waals surface area contributed by atoms with Gasteiger partial charge in [-0.3, -0.25) is 4.79 Å². The molecule has 0 saturated heterocycles. The van der Waals surface area contributed by atoms with Crippen molar-refractivity contribution in [2.24, 2.45) is 5.10 Å². The Balaban J connectivity index is 1.54. The summed E-state index contributed by atoms with van der Waals surface area (Å²) in [5.74, 6) is 2.32. The average Bonchev–Trinajstić information content (AvgIpc) is 2.96. The molecule has 0 spiro atoms. The lowest BCUT2D eigenvalue weighted by molar-refractivity contribution is 0.304. The lowest BCUT2D eigenvalue weighted by atomic mass is 9.96. The summed E-state index contributed by atoms with van der Waals surface area (Å²) in [5.41, 5.74) is 6.40. The number of nitrogens with zero attached hydrogens (tertiary/aromatic N) is 3. The van der Waals surface area contributed by atoms with Gasteiger partial charge in [-0.05, 0) is 107 Å². The molecule has 1 aromatic heterocycles. The predicted octanol–water partition coefficient (Wildman–Crippen LogP) is 7.88. The van der Waals surface area contributed by atoms with Crippen LogP contribution in [0.1, 0.15) is 47.6 Å². The maximum atomic E-state index is 13.7. The smallest absolute Gasteiger partial charge is 0.282 e. The second-order valence-corrected chi connectivity index (χ2v) is 11.5. The van der Waals surface area contributed by atoms with Gasteiger partial charge in [-0.15, -0.1) is 0 Å². The number of hydrogen-bond donors (Lipinski definition) is 0. The van der Waals surface area contributed by atoms with E-state index in [9.17, 15) is 4.79 Å². The van der Waals surface area contributed by atoms with Crippen LogP contribution in [0.4, 0.5) is 0 Å². The normalized spacial score (nSPS) is 11.5. The average molecular weight is 658 g/mol. The molecule has 0 atom stereocenters. The fourth-order valence-corrected chi connectivity index (χ4v) is 5.47. The third-order valence-corrected chi connectivity index (χ3v) is 7.79. The van der Waals surface area contributed by atoms with Gasteiger partial charge in [-0.2, -0.15) is 9.78 Å². The second-order valence-electron chi connectivity index (χ2n) is 10.3. The van der Waals surface area contributed by atoms with E-state index in [1.54, 1.807) is 19.4 Å². The summed E-state index contributed by atoms with van der Waals surface area (Å²) in [7, 11) is 1.68. The molecule has 0 fully saturated rings. The zero-order valence-electron chi connectivity index (χ0n) is 23.8. The Hall–Kier alpha value is -3.98. The fourth-order valence-electron chi connectivity index (χ4n) is 4.77. The molecular weight excluding hydrogens is 625 g/mol. The number of hydrogen-bond acceptors (Lipinski definition) is 5. The number of aryl methyl sites for hydroxylation is 2. The molecule has 4 aromatic carbocycles. The summed E-state index contributed by atoms with van der Waals surface area (Å²) in [6.45, 7) is 8.79. The molecule has 0 bridgehead atoms. The van der Waals surface area contributed by atoms with Crippen molar-refractivity contribution in [1.29, 1.82) is 0 Å². The molecule has 0 N–H and O–H groups in total. The van der Waals surface area contributed by atoms with Crippen molar-refractivity contribution >= 4 is 39.7 Å². The maximum absolute atomic E-state index is 13.7. The molecule has 0 radical (unpaired) electrons. The summed E-state index contributed by atoms with van der Waals surface area (Å²) < 4.78 is 14.1. The van der Waals surface area contributed by atoms with Gasteiger partial charge in [0.1, 0.15) is 18.1 Å². The van der Waals surface area contributed by atoms with Gasteiger partial charge in [0.15, 0.2) is 5.82 Å². The molecule has 0 amide bonds. The monoisotopic (exact) mass is 657 g/mol. The van der Waals surface area contributed by atoms with Gasteiger partial charge in [0.2, 0.25) is 0 Å². The highest BCUT2D eigenvalue weighted by molar-refractivity contribution is 14.1. The van der Waals surface area contributed by atoms with Crippen LogP contribution in [-0.2, 0) is 6.61 Å². The zero-order valence-corrected chi connectivity index (χ0v) is 26.0. The molecule has 0 aliphatic heterocycles. The van der Waals surface area contributed by atoms with E-state index < -0.39 is 0 Å². The molecule has 0 aliphatic rings. The molecule has 1 heterocycles. The van der Waals surface area contributed by atoms with Crippen LogP contribution in [0.5, 0.6) is 11.5 Å². The largest absolute Gasteiger partial charge is 0.496 e. The number of para-hydroxylation sites is 1. The van der Waals surface area contributed by atoms with Crippen LogP contribution in [0.15, 0.2) is 88.8 Å². The molecule has 5 aromatic rings. The maximum Gasteiger partial charge on any atom is 0.282 e. The van der Waals surface area contributed by atoms with Crippen molar-refractivity contribution < 1.29 is 9.47 Å². The quantitative estimate of drug-likeness (QED) is 0.126. The van der Waals surface area contributed by atoms with E-state index in [1.807, 2.05) is 55.5 Å². The second kappa shape index (κ2) is 12.3. The highest BCUT2D eigenvalue weighted by Gasteiger charge is 2.18. The van der Waals surface area contributed by atoms with E-state index in [-0.39, 0.29) is 11.5 Å². The van der Waals surface area contributed by atoms with Crippen LogP contribution in [0.25, 0.3) is 22.3 Å². The van der Waals surface area contributed by atoms with Crippen LogP contribution in [0.2, 0.25) is 0 Å². The Kier molecular flexibility index (Phi) is 8.54. The summed E-state index contributed by atoms with van der Waals surface area (Å²) in [6.07, 6.45) is 1.69. The minimum Gasteiger partial charge on any atom is -0.496 e.